The fourth-order valence-electron chi connectivity index (χ4n) is 2.33. The molecular formula is C16H24O4. The quantitative estimate of drug-likeness (QED) is 0.867. The fourth-order valence-corrected chi connectivity index (χ4v) is 2.33. The van der Waals surface area contributed by atoms with E-state index in [2.05, 4.69) is 6.92 Å². The minimum Gasteiger partial charge on any atom is -0.490 e. The first-order valence-electron chi connectivity index (χ1n) is 6.93. The zero-order valence-electron chi connectivity index (χ0n) is 13.2. The molecule has 4 heteroatoms. The van der Waals surface area contributed by atoms with Crippen LogP contribution < -0.4 is 9.47 Å². The molecule has 0 saturated carbocycles. The summed E-state index contributed by atoms with van der Waals surface area (Å²) in [6.45, 7) is 11.6. The summed E-state index contributed by atoms with van der Waals surface area (Å²) < 4.78 is 11.4. The summed E-state index contributed by atoms with van der Waals surface area (Å²) in [5, 5.41) is 8.78. The van der Waals surface area contributed by atoms with Crippen LogP contribution in [0.5, 0.6) is 11.5 Å². The molecule has 4 nitrogen and oxygen atoms in total. The van der Waals surface area contributed by atoms with Crippen LogP contribution in [0, 0.1) is 20.8 Å². The Morgan fingerprint density at radius 3 is 2.10 bits per heavy atom. The van der Waals surface area contributed by atoms with E-state index in [1.807, 2.05) is 34.6 Å². The van der Waals surface area contributed by atoms with Crippen LogP contribution in [0.4, 0.5) is 0 Å². The zero-order valence-corrected chi connectivity index (χ0v) is 13.2. The normalized spacial score (nSPS) is 10.8. The maximum absolute atomic E-state index is 10.7. The molecule has 0 saturated heterocycles. The van der Waals surface area contributed by atoms with Crippen LogP contribution in [-0.4, -0.2) is 23.8 Å². The molecule has 20 heavy (non-hydrogen) atoms. The second kappa shape index (κ2) is 6.64. The van der Waals surface area contributed by atoms with E-state index in [1.165, 1.54) is 0 Å². The van der Waals surface area contributed by atoms with Gasteiger partial charge in [0.2, 0.25) is 0 Å². The van der Waals surface area contributed by atoms with E-state index in [1.54, 1.807) is 0 Å². The zero-order chi connectivity index (χ0) is 15.4. The third kappa shape index (κ3) is 3.44. The first-order valence-corrected chi connectivity index (χ1v) is 6.93. The molecule has 0 spiro atoms. The van der Waals surface area contributed by atoms with Crippen LogP contribution in [0.25, 0.3) is 0 Å². The van der Waals surface area contributed by atoms with E-state index in [0.29, 0.717) is 5.75 Å². The number of aliphatic carboxylic acids is 1. The van der Waals surface area contributed by atoms with Crippen molar-refractivity contribution in [2.45, 2.75) is 54.1 Å². The van der Waals surface area contributed by atoms with Crippen molar-refractivity contribution in [3.63, 3.8) is 0 Å². The maximum Gasteiger partial charge on any atom is 0.341 e. The molecule has 1 aromatic rings. The lowest BCUT2D eigenvalue weighted by Crippen LogP contribution is -2.14. The Labute approximate surface area is 120 Å². The van der Waals surface area contributed by atoms with Gasteiger partial charge >= 0.3 is 5.97 Å². The van der Waals surface area contributed by atoms with Crippen molar-refractivity contribution in [1.29, 1.82) is 0 Å². The van der Waals surface area contributed by atoms with Gasteiger partial charge in [0.25, 0.3) is 0 Å². The number of benzene rings is 1. The Balaban J connectivity index is 3.35. The molecular weight excluding hydrogens is 256 g/mol. The van der Waals surface area contributed by atoms with Gasteiger partial charge in [-0.25, -0.2) is 4.79 Å². The van der Waals surface area contributed by atoms with Crippen molar-refractivity contribution in [2.75, 3.05) is 6.61 Å². The van der Waals surface area contributed by atoms with Crippen LogP contribution in [-0.2, 0) is 11.2 Å². The smallest absolute Gasteiger partial charge is 0.341 e. The van der Waals surface area contributed by atoms with Crippen molar-refractivity contribution in [2.24, 2.45) is 0 Å². The highest BCUT2D eigenvalue weighted by Gasteiger charge is 2.19. The van der Waals surface area contributed by atoms with Gasteiger partial charge < -0.3 is 14.6 Å². The van der Waals surface area contributed by atoms with Crippen LogP contribution in [0.3, 0.4) is 0 Å². The Bertz CT molecular complexity index is 504. The Morgan fingerprint density at radius 1 is 1.10 bits per heavy atom. The van der Waals surface area contributed by atoms with Gasteiger partial charge in [-0.05, 0) is 57.7 Å². The van der Waals surface area contributed by atoms with Gasteiger partial charge in [0, 0.05) is 5.56 Å². The average molecular weight is 280 g/mol. The van der Waals surface area contributed by atoms with Crippen molar-refractivity contribution >= 4 is 5.97 Å². The molecule has 0 atom stereocenters. The molecule has 112 valence electrons. The van der Waals surface area contributed by atoms with E-state index >= 15 is 0 Å². The minimum absolute atomic E-state index is 0.101. The van der Waals surface area contributed by atoms with Crippen molar-refractivity contribution in [3.8, 4) is 11.5 Å². The summed E-state index contributed by atoms with van der Waals surface area (Å²) in [4.78, 5) is 10.7. The van der Waals surface area contributed by atoms with Gasteiger partial charge in [-0.1, -0.05) is 6.92 Å². The van der Waals surface area contributed by atoms with Gasteiger partial charge in [-0.3, -0.25) is 0 Å². The summed E-state index contributed by atoms with van der Waals surface area (Å²) in [5.41, 5.74) is 4.01. The predicted octanol–water partition coefficient (Wildman–Crippen LogP) is 3.42. The topological polar surface area (TPSA) is 55.8 Å². The Morgan fingerprint density at radius 2 is 1.65 bits per heavy atom. The van der Waals surface area contributed by atoms with E-state index in [9.17, 15) is 4.79 Å². The van der Waals surface area contributed by atoms with Crippen molar-refractivity contribution in [3.05, 3.63) is 22.3 Å². The molecule has 0 aliphatic carbocycles. The molecule has 0 bridgehead atoms. The lowest BCUT2D eigenvalue weighted by Gasteiger charge is -2.23. The molecule has 0 fully saturated rings. The highest BCUT2D eigenvalue weighted by Crippen LogP contribution is 2.38. The predicted molar refractivity (Wildman–Crippen MR) is 78.9 cm³/mol. The van der Waals surface area contributed by atoms with Crippen LogP contribution in [0.15, 0.2) is 0 Å². The van der Waals surface area contributed by atoms with E-state index < -0.39 is 5.97 Å². The molecule has 0 unspecified atom stereocenters. The first-order chi connectivity index (χ1) is 9.29. The van der Waals surface area contributed by atoms with Gasteiger partial charge in [-0.2, -0.15) is 0 Å². The third-order valence-electron chi connectivity index (χ3n) is 3.36. The highest BCUT2D eigenvalue weighted by molar-refractivity contribution is 5.69. The number of hydrogen-bond donors (Lipinski definition) is 1. The highest BCUT2D eigenvalue weighted by atomic mass is 16.5. The lowest BCUT2D eigenvalue weighted by molar-refractivity contribution is -0.139. The monoisotopic (exact) mass is 280 g/mol. The SMILES string of the molecule is CCc1c(C)c(OCC(=O)O)c(C)c(C)c1OC(C)C. The summed E-state index contributed by atoms with van der Waals surface area (Å²) in [7, 11) is 0. The number of rotatable bonds is 6. The Kier molecular flexibility index (Phi) is 5.43. The summed E-state index contributed by atoms with van der Waals surface area (Å²) in [6.07, 6.45) is 0.918. The second-order valence-electron chi connectivity index (χ2n) is 5.21. The number of carboxylic acids is 1. The number of carbonyl (C=O) groups is 1. The molecule has 0 aromatic heterocycles. The van der Waals surface area contributed by atoms with Gasteiger partial charge in [0.1, 0.15) is 11.5 Å². The van der Waals surface area contributed by atoms with Gasteiger partial charge in [0.15, 0.2) is 6.61 Å². The first kappa shape index (κ1) is 16.3. The minimum atomic E-state index is -0.970. The van der Waals surface area contributed by atoms with Crippen molar-refractivity contribution < 1.29 is 19.4 Å². The van der Waals surface area contributed by atoms with E-state index in [0.717, 1.165) is 34.4 Å². The fraction of sp³-hybridized carbons (Fsp3) is 0.562. The van der Waals surface area contributed by atoms with Gasteiger partial charge in [0.05, 0.1) is 6.10 Å². The molecule has 1 rings (SSSR count). The molecule has 1 aromatic carbocycles. The number of hydrogen-bond acceptors (Lipinski definition) is 3. The van der Waals surface area contributed by atoms with Crippen molar-refractivity contribution in [1.82, 2.24) is 0 Å². The average Bonchev–Trinajstić information content (AvgIpc) is 2.35. The molecule has 0 aliphatic heterocycles. The lowest BCUT2D eigenvalue weighted by atomic mass is 9.95. The molecule has 0 radical (unpaired) electrons. The molecule has 0 amide bonds. The largest absolute Gasteiger partial charge is 0.490 e. The molecule has 1 N–H and O–H groups in total. The second-order valence-corrected chi connectivity index (χ2v) is 5.21. The summed E-state index contributed by atoms with van der Waals surface area (Å²) >= 11 is 0. The standard InChI is InChI=1S/C16H24O4/c1-7-13-12(6)15(19-8-14(17)18)10(4)11(5)16(13)20-9(2)3/h9H,7-8H2,1-6H3,(H,17,18). The van der Waals surface area contributed by atoms with Crippen LogP contribution in [0.2, 0.25) is 0 Å². The van der Waals surface area contributed by atoms with E-state index in [4.69, 9.17) is 14.6 Å². The van der Waals surface area contributed by atoms with Gasteiger partial charge in [-0.15, -0.1) is 0 Å². The maximum atomic E-state index is 10.7. The summed E-state index contributed by atoms with van der Waals surface area (Å²) in [6, 6.07) is 0. The number of carboxylic acid groups (broad SMARTS) is 1. The van der Waals surface area contributed by atoms with E-state index in [-0.39, 0.29) is 12.7 Å². The Hall–Kier alpha value is -1.71. The molecule has 0 aliphatic rings. The van der Waals surface area contributed by atoms with Crippen LogP contribution >= 0.6 is 0 Å². The summed E-state index contributed by atoms with van der Waals surface area (Å²) in [5.74, 6) is 0.597. The molecule has 0 heterocycles. The number of ether oxygens (including phenoxy) is 2. The third-order valence-corrected chi connectivity index (χ3v) is 3.36. The van der Waals surface area contributed by atoms with Crippen LogP contribution in [0.1, 0.15) is 43.0 Å².